The second-order valence-corrected chi connectivity index (χ2v) is 5.32. The smallest absolute Gasteiger partial charge is 0.0598 e. The van der Waals surface area contributed by atoms with Crippen LogP contribution in [0, 0.1) is 0 Å². The topological polar surface area (TPSA) is 12.0 Å². The van der Waals surface area contributed by atoms with E-state index in [0.29, 0.717) is 10.0 Å². The molecule has 0 bridgehead atoms. The third-order valence-electron chi connectivity index (χ3n) is 2.96. The Bertz CT molecular complexity index is 535. The van der Waals surface area contributed by atoms with Crippen molar-refractivity contribution < 1.29 is 0 Å². The van der Waals surface area contributed by atoms with Crippen LogP contribution in [0.1, 0.15) is 18.9 Å². The molecule has 19 heavy (non-hydrogen) atoms. The summed E-state index contributed by atoms with van der Waals surface area (Å²) in [5.74, 6) is 0. The van der Waals surface area contributed by atoms with Crippen molar-refractivity contribution in [1.82, 2.24) is 5.32 Å². The molecule has 0 saturated heterocycles. The zero-order chi connectivity index (χ0) is 13.7. The average molecular weight is 294 g/mol. The van der Waals surface area contributed by atoms with Gasteiger partial charge in [0.1, 0.15) is 0 Å². The van der Waals surface area contributed by atoms with Crippen LogP contribution in [0.2, 0.25) is 10.0 Å². The molecule has 2 aromatic rings. The summed E-state index contributed by atoms with van der Waals surface area (Å²) in [4.78, 5) is 0. The Labute approximate surface area is 124 Å². The minimum Gasteiger partial charge on any atom is -0.313 e. The van der Waals surface area contributed by atoms with E-state index in [0.717, 1.165) is 30.6 Å². The molecule has 0 aromatic heterocycles. The first-order chi connectivity index (χ1) is 9.20. The normalized spacial score (nSPS) is 10.7. The average Bonchev–Trinajstić information content (AvgIpc) is 2.43. The van der Waals surface area contributed by atoms with Crippen LogP contribution < -0.4 is 5.32 Å². The number of halogens is 2. The van der Waals surface area contributed by atoms with Gasteiger partial charge in [0.25, 0.3) is 0 Å². The molecule has 100 valence electrons. The molecule has 0 radical (unpaired) electrons. The zero-order valence-electron chi connectivity index (χ0n) is 10.9. The van der Waals surface area contributed by atoms with Gasteiger partial charge in [0, 0.05) is 6.54 Å². The lowest BCUT2D eigenvalue weighted by atomic mass is 10.0. The first-order valence-electron chi connectivity index (χ1n) is 6.46. The van der Waals surface area contributed by atoms with Gasteiger partial charge in [-0.3, -0.25) is 0 Å². The Hall–Kier alpha value is -1.02. The van der Waals surface area contributed by atoms with E-state index in [9.17, 15) is 0 Å². The van der Waals surface area contributed by atoms with Gasteiger partial charge in [0.15, 0.2) is 0 Å². The van der Waals surface area contributed by atoms with E-state index >= 15 is 0 Å². The molecule has 0 heterocycles. The predicted octanol–water partition coefficient (Wildman–Crippen LogP) is 5.16. The van der Waals surface area contributed by atoms with Crippen molar-refractivity contribution in [2.45, 2.75) is 19.9 Å². The van der Waals surface area contributed by atoms with Crippen LogP contribution >= 0.6 is 23.2 Å². The summed E-state index contributed by atoms with van der Waals surface area (Å²) in [6.45, 7) is 4.13. The summed E-state index contributed by atoms with van der Waals surface area (Å²) >= 11 is 12.0. The van der Waals surface area contributed by atoms with Crippen LogP contribution in [0.5, 0.6) is 0 Å². The highest BCUT2D eigenvalue weighted by molar-refractivity contribution is 6.42. The van der Waals surface area contributed by atoms with Gasteiger partial charge in [-0.2, -0.15) is 0 Å². The third kappa shape index (κ3) is 3.97. The number of nitrogens with one attached hydrogen (secondary N) is 1. The lowest BCUT2D eigenvalue weighted by molar-refractivity contribution is 0.675. The highest BCUT2D eigenvalue weighted by Gasteiger charge is 2.02. The van der Waals surface area contributed by atoms with E-state index < -0.39 is 0 Å². The maximum Gasteiger partial charge on any atom is 0.0598 e. The fourth-order valence-electron chi connectivity index (χ4n) is 1.90. The number of hydrogen-bond donors (Lipinski definition) is 1. The predicted molar refractivity (Wildman–Crippen MR) is 83.9 cm³/mol. The maximum absolute atomic E-state index is 6.04. The maximum atomic E-state index is 6.04. The van der Waals surface area contributed by atoms with E-state index in [-0.39, 0.29) is 0 Å². The van der Waals surface area contributed by atoms with E-state index in [1.807, 2.05) is 18.2 Å². The van der Waals surface area contributed by atoms with Gasteiger partial charge in [0.2, 0.25) is 0 Å². The van der Waals surface area contributed by atoms with Crippen LogP contribution in [0.3, 0.4) is 0 Å². The standard InChI is InChI=1S/C16H17Cl2N/c1-2-9-19-11-12-3-5-13(6-4-12)14-7-8-15(17)16(18)10-14/h3-8,10,19H,2,9,11H2,1H3. The summed E-state index contributed by atoms with van der Waals surface area (Å²) in [5, 5.41) is 4.57. The van der Waals surface area contributed by atoms with E-state index in [1.165, 1.54) is 5.56 Å². The first kappa shape index (κ1) is 14.4. The summed E-state index contributed by atoms with van der Waals surface area (Å²) in [5.41, 5.74) is 3.53. The Morgan fingerprint density at radius 3 is 2.21 bits per heavy atom. The quantitative estimate of drug-likeness (QED) is 0.751. The molecule has 0 unspecified atom stereocenters. The molecule has 0 spiro atoms. The lowest BCUT2D eigenvalue weighted by Crippen LogP contribution is -2.13. The Balaban J connectivity index is 2.11. The summed E-state index contributed by atoms with van der Waals surface area (Å²) < 4.78 is 0. The second kappa shape index (κ2) is 6.95. The third-order valence-corrected chi connectivity index (χ3v) is 3.70. The molecule has 2 aromatic carbocycles. The second-order valence-electron chi connectivity index (χ2n) is 4.50. The summed E-state index contributed by atoms with van der Waals surface area (Å²) in [6, 6.07) is 14.2. The van der Waals surface area contributed by atoms with Gasteiger partial charge < -0.3 is 5.32 Å². The molecule has 0 aliphatic carbocycles. The summed E-state index contributed by atoms with van der Waals surface area (Å²) in [6.07, 6.45) is 1.15. The number of benzene rings is 2. The van der Waals surface area contributed by atoms with Gasteiger partial charge in [-0.25, -0.2) is 0 Å². The van der Waals surface area contributed by atoms with E-state index in [2.05, 4.69) is 36.5 Å². The number of hydrogen-bond acceptors (Lipinski definition) is 1. The van der Waals surface area contributed by atoms with Crippen LogP contribution in [0.15, 0.2) is 42.5 Å². The van der Waals surface area contributed by atoms with Gasteiger partial charge in [-0.05, 0) is 41.8 Å². The highest BCUT2D eigenvalue weighted by atomic mass is 35.5. The van der Waals surface area contributed by atoms with Crippen molar-refractivity contribution in [3.63, 3.8) is 0 Å². The van der Waals surface area contributed by atoms with Crippen molar-refractivity contribution in [3.05, 3.63) is 58.1 Å². The van der Waals surface area contributed by atoms with Gasteiger partial charge >= 0.3 is 0 Å². The van der Waals surface area contributed by atoms with E-state index in [4.69, 9.17) is 23.2 Å². The molecule has 1 N–H and O–H groups in total. The Morgan fingerprint density at radius 1 is 0.895 bits per heavy atom. The molecule has 0 atom stereocenters. The van der Waals surface area contributed by atoms with Crippen molar-refractivity contribution in [2.24, 2.45) is 0 Å². The molecule has 3 heteroatoms. The molecular formula is C16H17Cl2N. The largest absolute Gasteiger partial charge is 0.313 e. The van der Waals surface area contributed by atoms with Gasteiger partial charge in [-0.15, -0.1) is 0 Å². The Kier molecular flexibility index (Phi) is 5.26. The van der Waals surface area contributed by atoms with Gasteiger partial charge in [0.05, 0.1) is 10.0 Å². The first-order valence-corrected chi connectivity index (χ1v) is 7.21. The van der Waals surface area contributed by atoms with Crippen molar-refractivity contribution >= 4 is 23.2 Å². The Morgan fingerprint density at radius 2 is 1.58 bits per heavy atom. The molecule has 0 fully saturated rings. The minimum absolute atomic E-state index is 0.589. The lowest BCUT2D eigenvalue weighted by Gasteiger charge is -2.06. The monoisotopic (exact) mass is 293 g/mol. The van der Waals surface area contributed by atoms with Crippen LogP contribution in [-0.4, -0.2) is 6.54 Å². The highest BCUT2D eigenvalue weighted by Crippen LogP contribution is 2.28. The SMILES string of the molecule is CCCNCc1ccc(-c2ccc(Cl)c(Cl)c2)cc1. The molecule has 1 nitrogen and oxygen atoms in total. The van der Waals surface area contributed by atoms with Crippen molar-refractivity contribution in [1.29, 1.82) is 0 Å². The van der Waals surface area contributed by atoms with Crippen molar-refractivity contribution in [3.8, 4) is 11.1 Å². The van der Waals surface area contributed by atoms with Crippen LogP contribution in [0.25, 0.3) is 11.1 Å². The minimum atomic E-state index is 0.589. The molecule has 0 saturated carbocycles. The molecule has 0 aliphatic rings. The van der Waals surface area contributed by atoms with Crippen molar-refractivity contribution in [2.75, 3.05) is 6.54 Å². The molecule has 0 aliphatic heterocycles. The van der Waals surface area contributed by atoms with Crippen LogP contribution in [-0.2, 0) is 6.54 Å². The molecular weight excluding hydrogens is 277 g/mol. The van der Waals surface area contributed by atoms with Gasteiger partial charge in [-0.1, -0.05) is 60.5 Å². The fraction of sp³-hybridized carbons (Fsp3) is 0.250. The molecule has 0 amide bonds. The summed E-state index contributed by atoms with van der Waals surface area (Å²) in [7, 11) is 0. The number of rotatable bonds is 5. The van der Waals surface area contributed by atoms with E-state index in [1.54, 1.807) is 0 Å². The zero-order valence-corrected chi connectivity index (χ0v) is 12.4. The van der Waals surface area contributed by atoms with Crippen LogP contribution in [0.4, 0.5) is 0 Å². The molecule has 2 rings (SSSR count). The fourth-order valence-corrected chi connectivity index (χ4v) is 2.20.